The molecule has 0 amide bonds. The predicted octanol–water partition coefficient (Wildman–Crippen LogP) is 3.38. The molecule has 3 rings (SSSR count). The van der Waals surface area contributed by atoms with Crippen molar-refractivity contribution in [3.05, 3.63) is 41.0 Å². The Labute approximate surface area is 130 Å². The maximum Gasteiger partial charge on any atom is 0.202 e. The van der Waals surface area contributed by atoms with Crippen LogP contribution in [0.1, 0.15) is 25.0 Å². The first-order chi connectivity index (χ1) is 10.6. The van der Waals surface area contributed by atoms with Crippen molar-refractivity contribution in [2.75, 3.05) is 33.3 Å². The van der Waals surface area contributed by atoms with Crippen molar-refractivity contribution in [2.45, 2.75) is 19.4 Å². The van der Waals surface area contributed by atoms with Gasteiger partial charge in [0.15, 0.2) is 11.5 Å². The molecule has 5 heteroatoms. The molecule has 0 aliphatic carbocycles. The summed E-state index contributed by atoms with van der Waals surface area (Å²) in [4.78, 5) is 2.01. The summed E-state index contributed by atoms with van der Waals surface area (Å²) in [5, 5.41) is 0. The van der Waals surface area contributed by atoms with Crippen molar-refractivity contribution < 1.29 is 18.9 Å². The molecule has 1 aromatic carbocycles. The van der Waals surface area contributed by atoms with Gasteiger partial charge in [-0.05, 0) is 25.5 Å². The van der Waals surface area contributed by atoms with E-state index < -0.39 is 0 Å². The van der Waals surface area contributed by atoms with E-state index in [2.05, 4.69) is 6.08 Å². The molecule has 1 unspecified atom stereocenters. The molecule has 5 nitrogen and oxygen atoms in total. The number of hydrogen-bond acceptors (Lipinski definition) is 5. The van der Waals surface area contributed by atoms with Crippen LogP contribution < -0.4 is 14.4 Å². The fourth-order valence-electron chi connectivity index (χ4n) is 3.15. The third kappa shape index (κ3) is 2.04. The van der Waals surface area contributed by atoms with E-state index in [0.29, 0.717) is 11.5 Å². The number of rotatable bonds is 3. The van der Waals surface area contributed by atoms with E-state index in [-0.39, 0.29) is 6.10 Å². The van der Waals surface area contributed by atoms with Crippen LogP contribution in [0.5, 0.6) is 11.5 Å². The lowest BCUT2D eigenvalue weighted by Gasteiger charge is -2.38. The van der Waals surface area contributed by atoms with Crippen LogP contribution in [0.3, 0.4) is 0 Å². The van der Waals surface area contributed by atoms with E-state index in [1.807, 2.05) is 31.0 Å². The number of anilines is 1. The van der Waals surface area contributed by atoms with Gasteiger partial charge in [0.25, 0.3) is 0 Å². The van der Waals surface area contributed by atoms with Crippen LogP contribution >= 0.6 is 0 Å². The van der Waals surface area contributed by atoms with Crippen LogP contribution in [0.4, 0.5) is 5.69 Å². The number of benzene rings is 1. The monoisotopic (exact) mass is 303 g/mol. The van der Waals surface area contributed by atoms with Gasteiger partial charge < -0.3 is 23.8 Å². The quantitative estimate of drug-likeness (QED) is 0.856. The maximum atomic E-state index is 5.95. The summed E-state index contributed by atoms with van der Waals surface area (Å²) in [7, 11) is 6.97. The number of allylic oxidation sites excluding steroid dienone is 2. The molecule has 2 aliphatic heterocycles. The molecule has 1 atom stereocenters. The van der Waals surface area contributed by atoms with E-state index in [1.165, 1.54) is 0 Å². The molecule has 0 N–H and O–H groups in total. The van der Waals surface area contributed by atoms with Gasteiger partial charge in [0, 0.05) is 25.3 Å². The van der Waals surface area contributed by atoms with Crippen molar-refractivity contribution in [3.8, 4) is 11.5 Å². The minimum atomic E-state index is -0.148. The van der Waals surface area contributed by atoms with Crippen LogP contribution in [0.25, 0.3) is 0 Å². The number of nitrogens with zero attached hydrogens (tertiary/aromatic N) is 1. The Morgan fingerprint density at radius 3 is 2.59 bits per heavy atom. The zero-order valence-electron chi connectivity index (χ0n) is 13.6. The summed E-state index contributed by atoms with van der Waals surface area (Å²) in [6, 6.07) is 3.93. The first-order valence-electron chi connectivity index (χ1n) is 7.21. The first-order valence-corrected chi connectivity index (χ1v) is 7.21. The average Bonchev–Trinajstić information content (AvgIpc) is 2.54. The molecule has 118 valence electrons. The van der Waals surface area contributed by atoms with Gasteiger partial charge in [-0.3, -0.25) is 0 Å². The zero-order chi connectivity index (χ0) is 15.9. The molecule has 22 heavy (non-hydrogen) atoms. The van der Waals surface area contributed by atoms with Crippen molar-refractivity contribution in [3.63, 3.8) is 0 Å². The van der Waals surface area contributed by atoms with Gasteiger partial charge in [0.1, 0.15) is 6.10 Å². The van der Waals surface area contributed by atoms with Gasteiger partial charge in [0.2, 0.25) is 5.88 Å². The van der Waals surface area contributed by atoms with Gasteiger partial charge in [-0.25, -0.2) is 0 Å². The minimum Gasteiger partial charge on any atom is -0.493 e. The Balaban J connectivity index is 2.19. The van der Waals surface area contributed by atoms with Crippen LogP contribution in [0.15, 0.2) is 35.4 Å². The summed E-state index contributed by atoms with van der Waals surface area (Å²) in [6.45, 7) is 1.96. The lowest BCUT2D eigenvalue weighted by atomic mass is 9.92. The summed E-state index contributed by atoms with van der Waals surface area (Å²) in [5.41, 5.74) is 3.09. The fourth-order valence-corrected chi connectivity index (χ4v) is 3.15. The Bertz CT molecular complexity index is 663. The second-order valence-corrected chi connectivity index (χ2v) is 5.37. The van der Waals surface area contributed by atoms with Crippen LogP contribution in [0.2, 0.25) is 0 Å². The number of hydrogen-bond donors (Lipinski definition) is 0. The molecule has 2 aliphatic rings. The van der Waals surface area contributed by atoms with Crippen LogP contribution in [-0.4, -0.2) is 28.4 Å². The van der Waals surface area contributed by atoms with Crippen molar-refractivity contribution in [1.29, 1.82) is 0 Å². The lowest BCUT2D eigenvalue weighted by Crippen LogP contribution is -2.30. The van der Waals surface area contributed by atoms with E-state index in [0.717, 1.165) is 34.9 Å². The molecule has 0 spiro atoms. The molecule has 0 aromatic heterocycles. The van der Waals surface area contributed by atoms with Crippen molar-refractivity contribution in [1.82, 2.24) is 0 Å². The maximum absolute atomic E-state index is 5.95. The van der Waals surface area contributed by atoms with E-state index in [9.17, 15) is 0 Å². The fraction of sp³-hybridized carbons (Fsp3) is 0.412. The first kappa shape index (κ1) is 14.8. The van der Waals surface area contributed by atoms with Gasteiger partial charge in [-0.1, -0.05) is 6.07 Å². The number of methoxy groups -OCH3 is 3. The van der Waals surface area contributed by atoms with E-state index in [1.54, 1.807) is 21.3 Å². The molecule has 0 bridgehead atoms. The molecular weight excluding hydrogens is 282 g/mol. The third-order valence-corrected chi connectivity index (χ3v) is 4.17. The standard InChI is InChI=1S/C17H21NO4/c1-10-6-7-12-15(20-4)11-8-9-13(19-3)16(21-5)14(11)18(2)17(12)22-10/h6,8-9,15H,7H2,1-5H3. The normalized spacial score (nSPS) is 20.0. The summed E-state index contributed by atoms with van der Waals surface area (Å²) < 4.78 is 22.7. The van der Waals surface area contributed by atoms with Crippen molar-refractivity contribution >= 4 is 5.69 Å². The molecule has 0 fully saturated rings. The number of fused-ring (bicyclic) bond motifs is 1. The second-order valence-electron chi connectivity index (χ2n) is 5.37. The van der Waals surface area contributed by atoms with Gasteiger partial charge >= 0.3 is 0 Å². The molecule has 1 aromatic rings. The lowest BCUT2D eigenvalue weighted by molar-refractivity contribution is 0.118. The SMILES string of the molecule is COc1ccc2c(c1OC)N(C)C1=C(CC=C(C)O1)C2OC. The molecule has 0 saturated carbocycles. The zero-order valence-corrected chi connectivity index (χ0v) is 13.6. The summed E-state index contributed by atoms with van der Waals surface area (Å²) in [6.07, 6.45) is 2.74. The Morgan fingerprint density at radius 1 is 1.18 bits per heavy atom. The van der Waals surface area contributed by atoms with Gasteiger partial charge in [0.05, 0.1) is 25.7 Å². The van der Waals surface area contributed by atoms with Gasteiger partial charge in [-0.2, -0.15) is 0 Å². The predicted molar refractivity (Wildman–Crippen MR) is 84.2 cm³/mol. The summed E-state index contributed by atoms with van der Waals surface area (Å²) in [5.74, 6) is 3.08. The van der Waals surface area contributed by atoms with E-state index >= 15 is 0 Å². The second kappa shape index (κ2) is 5.57. The third-order valence-electron chi connectivity index (χ3n) is 4.17. The Hall–Kier alpha value is -2.14. The minimum absolute atomic E-state index is 0.148. The van der Waals surface area contributed by atoms with Crippen LogP contribution in [0, 0.1) is 0 Å². The van der Waals surface area contributed by atoms with Crippen molar-refractivity contribution in [2.24, 2.45) is 0 Å². The highest BCUT2D eigenvalue weighted by Gasteiger charge is 2.36. The van der Waals surface area contributed by atoms with Gasteiger partial charge in [-0.15, -0.1) is 0 Å². The number of ether oxygens (including phenoxy) is 4. The molecule has 2 heterocycles. The molecule has 0 saturated heterocycles. The highest BCUT2D eigenvalue weighted by molar-refractivity contribution is 5.74. The highest BCUT2D eigenvalue weighted by atomic mass is 16.5. The summed E-state index contributed by atoms with van der Waals surface area (Å²) >= 11 is 0. The topological polar surface area (TPSA) is 40.2 Å². The Morgan fingerprint density at radius 2 is 1.95 bits per heavy atom. The average molecular weight is 303 g/mol. The smallest absolute Gasteiger partial charge is 0.202 e. The van der Waals surface area contributed by atoms with E-state index in [4.69, 9.17) is 18.9 Å². The molecular formula is C17H21NO4. The Kier molecular flexibility index (Phi) is 3.74. The molecule has 0 radical (unpaired) electrons. The highest BCUT2D eigenvalue weighted by Crippen LogP contribution is 2.51. The van der Waals surface area contributed by atoms with Crippen LogP contribution in [-0.2, 0) is 9.47 Å². The largest absolute Gasteiger partial charge is 0.493 e.